The summed E-state index contributed by atoms with van der Waals surface area (Å²) >= 11 is 0. The summed E-state index contributed by atoms with van der Waals surface area (Å²) in [6.07, 6.45) is -0.0304. The van der Waals surface area contributed by atoms with Gasteiger partial charge in [0, 0.05) is 0 Å². The van der Waals surface area contributed by atoms with Gasteiger partial charge in [-0.05, 0) is 25.0 Å². The molecule has 0 radical (unpaired) electrons. The number of urea groups is 1. The van der Waals surface area contributed by atoms with Crippen LogP contribution in [0.3, 0.4) is 0 Å². The third-order valence-corrected chi connectivity index (χ3v) is 3.91. The molecule has 2 aromatic rings. The molecule has 2 heterocycles. The zero-order chi connectivity index (χ0) is 18.0. The fourth-order valence-corrected chi connectivity index (χ4v) is 2.52. The molecule has 0 aliphatic carbocycles. The number of nitrogens with two attached hydrogens (primary N) is 1. The number of carbonyl (C=O) groups is 2. The summed E-state index contributed by atoms with van der Waals surface area (Å²) in [5.74, 6) is -0.0288. The predicted molar refractivity (Wildman–Crippen MR) is 87.0 cm³/mol. The Balaban J connectivity index is 1.46. The molecule has 25 heavy (non-hydrogen) atoms. The van der Waals surface area contributed by atoms with Crippen molar-refractivity contribution in [3.8, 4) is 5.75 Å². The molecule has 1 aliphatic heterocycles. The highest BCUT2D eigenvalue weighted by molar-refractivity contribution is 5.87. The van der Waals surface area contributed by atoms with Crippen molar-refractivity contribution in [2.45, 2.75) is 26.5 Å². The maximum atomic E-state index is 12.1. The first-order valence-electron chi connectivity index (χ1n) is 7.82. The maximum Gasteiger partial charge on any atom is 0.318 e. The van der Waals surface area contributed by atoms with E-state index >= 15 is 0 Å². The molecule has 1 fully saturated rings. The van der Waals surface area contributed by atoms with Gasteiger partial charge in [-0.3, -0.25) is 4.79 Å². The summed E-state index contributed by atoms with van der Waals surface area (Å²) in [4.78, 5) is 28.3. The molecular formula is C16H19N5O4. The summed E-state index contributed by atoms with van der Waals surface area (Å²) in [6.45, 7) is 5.04. The minimum Gasteiger partial charge on any atom is -0.486 e. The van der Waals surface area contributed by atoms with Crippen molar-refractivity contribution < 1.29 is 18.8 Å². The Kier molecular flexibility index (Phi) is 4.55. The van der Waals surface area contributed by atoms with Gasteiger partial charge < -0.3 is 25.2 Å². The monoisotopic (exact) mass is 345 g/mol. The topological polar surface area (TPSA) is 124 Å². The highest BCUT2D eigenvalue weighted by atomic mass is 16.5. The zero-order valence-corrected chi connectivity index (χ0v) is 14.0. The number of carbonyl (C=O) groups excluding carboxylic acids is 2. The molecule has 3 N–H and O–H groups in total. The van der Waals surface area contributed by atoms with Gasteiger partial charge in [0.2, 0.25) is 0 Å². The average molecular weight is 345 g/mol. The van der Waals surface area contributed by atoms with E-state index in [2.05, 4.69) is 20.0 Å². The smallest absolute Gasteiger partial charge is 0.318 e. The summed E-state index contributed by atoms with van der Waals surface area (Å²) in [5, 5.41) is 6.21. The second-order valence-electron chi connectivity index (χ2n) is 5.90. The van der Waals surface area contributed by atoms with Gasteiger partial charge >= 0.3 is 17.8 Å². The van der Waals surface area contributed by atoms with Crippen LogP contribution in [0, 0.1) is 13.8 Å². The quantitative estimate of drug-likeness (QED) is 0.824. The van der Waals surface area contributed by atoms with Crippen molar-refractivity contribution in [1.29, 1.82) is 0 Å². The highest BCUT2D eigenvalue weighted by Gasteiger charge is 2.32. The number of aromatic nitrogens is 2. The second-order valence-corrected chi connectivity index (χ2v) is 5.90. The summed E-state index contributed by atoms with van der Waals surface area (Å²) in [5.41, 5.74) is 7.17. The number of nitrogens with one attached hydrogen (secondary N) is 1. The molecule has 0 bridgehead atoms. The molecule has 0 saturated carbocycles. The fraction of sp³-hybridized carbons (Fsp3) is 0.375. The molecule has 0 atom stereocenters. The van der Waals surface area contributed by atoms with Crippen LogP contribution in [-0.4, -0.2) is 46.2 Å². The summed E-state index contributed by atoms with van der Waals surface area (Å²) < 4.78 is 10.6. The number of nitrogens with zero attached hydrogens (tertiary/aromatic N) is 3. The van der Waals surface area contributed by atoms with Crippen LogP contribution in [0.4, 0.5) is 4.79 Å². The molecule has 9 nitrogen and oxygen atoms in total. The zero-order valence-electron chi connectivity index (χ0n) is 14.0. The minimum atomic E-state index is -0.806. The van der Waals surface area contributed by atoms with Gasteiger partial charge in [0.15, 0.2) is 5.82 Å². The van der Waals surface area contributed by atoms with Crippen molar-refractivity contribution in [2.75, 3.05) is 13.1 Å². The van der Waals surface area contributed by atoms with Gasteiger partial charge in [-0.2, -0.15) is 4.98 Å². The van der Waals surface area contributed by atoms with Crippen LogP contribution in [0.1, 0.15) is 27.6 Å². The Hall–Kier alpha value is -3.10. The number of hydrogen-bond donors (Lipinski definition) is 2. The van der Waals surface area contributed by atoms with Crippen LogP contribution in [0.5, 0.6) is 5.75 Å². The molecule has 132 valence electrons. The van der Waals surface area contributed by atoms with E-state index in [0.717, 1.165) is 16.9 Å². The van der Waals surface area contributed by atoms with E-state index in [0.29, 0.717) is 13.1 Å². The number of benzene rings is 1. The number of amides is 3. The Morgan fingerprint density at radius 3 is 2.64 bits per heavy atom. The fourth-order valence-electron chi connectivity index (χ4n) is 2.52. The second kappa shape index (κ2) is 6.80. The molecule has 1 saturated heterocycles. The largest absolute Gasteiger partial charge is 0.486 e. The molecular weight excluding hydrogens is 326 g/mol. The van der Waals surface area contributed by atoms with Gasteiger partial charge in [0.05, 0.1) is 19.6 Å². The standard InChI is InChI=1S/C16H19N5O4/c1-9-4-3-5-10(2)13(9)24-11-7-21(8-11)16(23)18-6-12-19-15(14(17)22)25-20-12/h3-5,11H,6-8H2,1-2H3,(H2,17,22)(H,18,23). The number of primary amides is 1. The lowest BCUT2D eigenvalue weighted by Crippen LogP contribution is -2.58. The lowest BCUT2D eigenvalue weighted by Gasteiger charge is -2.39. The number of hydrogen-bond acceptors (Lipinski definition) is 6. The Labute approximate surface area is 144 Å². The third-order valence-electron chi connectivity index (χ3n) is 3.91. The van der Waals surface area contributed by atoms with Crippen molar-refractivity contribution in [3.05, 3.63) is 41.0 Å². The number of ether oxygens (including phenoxy) is 1. The van der Waals surface area contributed by atoms with Crippen molar-refractivity contribution in [2.24, 2.45) is 5.73 Å². The number of para-hydroxylation sites is 1. The summed E-state index contributed by atoms with van der Waals surface area (Å²) in [7, 11) is 0. The molecule has 0 unspecified atom stereocenters. The van der Waals surface area contributed by atoms with E-state index in [-0.39, 0.29) is 30.4 Å². The molecule has 3 amide bonds. The predicted octanol–water partition coefficient (Wildman–Crippen LogP) is 0.758. The molecule has 1 aromatic carbocycles. The first-order valence-corrected chi connectivity index (χ1v) is 7.82. The van der Waals surface area contributed by atoms with E-state index in [1.807, 2.05) is 32.0 Å². The van der Waals surface area contributed by atoms with E-state index in [4.69, 9.17) is 10.5 Å². The van der Waals surface area contributed by atoms with E-state index in [1.54, 1.807) is 4.90 Å². The molecule has 3 rings (SSSR count). The van der Waals surface area contributed by atoms with Crippen molar-refractivity contribution in [3.63, 3.8) is 0 Å². The van der Waals surface area contributed by atoms with Crippen LogP contribution >= 0.6 is 0 Å². The first kappa shape index (κ1) is 16.7. The van der Waals surface area contributed by atoms with Gasteiger partial charge in [-0.25, -0.2) is 4.79 Å². The Morgan fingerprint density at radius 2 is 2.04 bits per heavy atom. The maximum absolute atomic E-state index is 12.1. The van der Waals surface area contributed by atoms with Gasteiger partial charge in [-0.1, -0.05) is 23.4 Å². The van der Waals surface area contributed by atoms with Crippen LogP contribution in [0.2, 0.25) is 0 Å². The lowest BCUT2D eigenvalue weighted by molar-refractivity contribution is 0.0434. The number of likely N-dealkylation sites (tertiary alicyclic amines) is 1. The highest BCUT2D eigenvalue weighted by Crippen LogP contribution is 2.25. The van der Waals surface area contributed by atoms with E-state index < -0.39 is 5.91 Å². The molecule has 0 spiro atoms. The van der Waals surface area contributed by atoms with Gasteiger partial charge in [-0.15, -0.1) is 0 Å². The van der Waals surface area contributed by atoms with Gasteiger partial charge in [0.1, 0.15) is 11.9 Å². The molecule has 1 aliphatic rings. The number of rotatable bonds is 5. The Morgan fingerprint density at radius 1 is 1.36 bits per heavy atom. The van der Waals surface area contributed by atoms with Crippen molar-refractivity contribution >= 4 is 11.9 Å². The number of aryl methyl sites for hydroxylation is 2. The van der Waals surface area contributed by atoms with Crippen LogP contribution in [-0.2, 0) is 6.54 Å². The first-order chi connectivity index (χ1) is 11.9. The van der Waals surface area contributed by atoms with Crippen LogP contribution in [0.15, 0.2) is 22.7 Å². The van der Waals surface area contributed by atoms with E-state index in [1.165, 1.54) is 0 Å². The third kappa shape index (κ3) is 3.70. The lowest BCUT2D eigenvalue weighted by atomic mass is 10.1. The normalized spacial score (nSPS) is 14.1. The summed E-state index contributed by atoms with van der Waals surface area (Å²) in [6, 6.07) is 5.72. The average Bonchev–Trinajstić information content (AvgIpc) is 2.99. The van der Waals surface area contributed by atoms with Crippen LogP contribution < -0.4 is 15.8 Å². The minimum absolute atomic E-state index is 0.0304. The van der Waals surface area contributed by atoms with E-state index in [9.17, 15) is 9.59 Å². The SMILES string of the molecule is Cc1cccc(C)c1OC1CN(C(=O)NCc2noc(C(N)=O)n2)C1. The van der Waals surface area contributed by atoms with Crippen LogP contribution in [0.25, 0.3) is 0 Å². The molecule has 9 heteroatoms. The molecule has 1 aromatic heterocycles. The Bertz CT molecular complexity index is 777. The van der Waals surface area contributed by atoms with Gasteiger partial charge in [0.25, 0.3) is 0 Å². The van der Waals surface area contributed by atoms with Crippen molar-refractivity contribution in [1.82, 2.24) is 20.4 Å².